The van der Waals surface area contributed by atoms with Crippen LogP contribution in [0.25, 0.3) is 0 Å². The molecule has 1 amide bonds. The number of nitrogens with one attached hydrogen (secondary N) is 1. The molecule has 1 unspecified atom stereocenters. The molecule has 1 aromatic heterocycles. The number of halogens is 2. The second-order valence-corrected chi connectivity index (χ2v) is 3.97. The first-order chi connectivity index (χ1) is 7.54. The van der Waals surface area contributed by atoms with Crippen LogP contribution in [0.4, 0.5) is 8.78 Å². The highest BCUT2D eigenvalue weighted by atomic mass is 32.1. The summed E-state index contributed by atoms with van der Waals surface area (Å²) in [5.74, 6) is -0.685. The summed E-state index contributed by atoms with van der Waals surface area (Å²) in [5, 5.41) is 12.7. The van der Waals surface area contributed by atoms with Crippen LogP contribution < -0.4 is 10.1 Å². The maximum atomic E-state index is 12.0. The lowest BCUT2D eigenvalue weighted by Gasteiger charge is -2.10. The van der Waals surface area contributed by atoms with Crippen molar-refractivity contribution in [3.05, 3.63) is 16.3 Å². The van der Waals surface area contributed by atoms with Gasteiger partial charge < -0.3 is 15.2 Å². The standard InChI is InChI=1S/C9H11F2NO3S/c1-5(4-13)12-8(14)7-6(2-3-16-7)15-9(10)11/h2-3,5,9,13H,4H2,1H3,(H,12,14). The summed E-state index contributed by atoms with van der Waals surface area (Å²) < 4.78 is 28.1. The molecule has 1 aromatic rings. The topological polar surface area (TPSA) is 58.6 Å². The van der Waals surface area contributed by atoms with Gasteiger partial charge in [-0.1, -0.05) is 0 Å². The molecule has 0 spiro atoms. The molecule has 7 heteroatoms. The van der Waals surface area contributed by atoms with Gasteiger partial charge in [0.05, 0.1) is 6.61 Å². The van der Waals surface area contributed by atoms with Gasteiger partial charge in [-0.15, -0.1) is 11.3 Å². The number of hydrogen-bond acceptors (Lipinski definition) is 4. The maximum Gasteiger partial charge on any atom is 0.387 e. The minimum Gasteiger partial charge on any atom is -0.433 e. The van der Waals surface area contributed by atoms with Crippen LogP contribution >= 0.6 is 11.3 Å². The van der Waals surface area contributed by atoms with Crippen molar-refractivity contribution >= 4 is 17.2 Å². The van der Waals surface area contributed by atoms with E-state index in [0.29, 0.717) is 0 Å². The minimum atomic E-state index is -2.96. The third kappa shape index (κ3) is 3.42. The van der Waals surface area contributed by atoms with E-state index in [1.165, 1.54) is 11.4 Å². The van der Waals surface area contributed by atoms with Crippen molar-refractivity contribution < 1.29 is 23.4 Å². The van der Waals surface area contributed by atoms with Crippen LogP contribution in [0, 0.1) is 0 Å². The summed E-state index contributed by atoms with van der Waals surface area (Å²) in [6, 6.07) is 0.865. The minimum absolute atomic E-state index is 0.0700. The zero-order valence-electron chi connectivity index (χ0n) is 8.44. The molecule has 0 aliphatic carbocycles. The van der Waals surface area contributed by atoms with Gasteiger partial charge in [-0.3, -0.25) is 4.79 Å². The molecule has 0 saturated heterocycles. The summed E-state index contributed by atoms with van der Waals surface area (Å²) in [5.41, 5.74) is 0. The van der Waals surface area contributed by atoms with E-state index in [0.717, 1.165) is 11.3 Å². The van der Waals surface area contributed by atoms with Gasteiger partial charge in [-0.2, -0.15) is 8.78 Å². The van der Waals surface area contributed by atoms with Crippen molar-refractivity contribution in [2.75, 3.05) is 6.61 Å². The molecule has 0 bridgehead atoms. The summed E-state index contributed by atoms with van der Waals surface area (Å²) >= 11 is 1.00. The van der Waals surface area contributed by atoms with Crippen LogP contribution in [-0.2, 0) is 0 Å². The number of thiophene rings is 1. The van der Waals surface area contributed by atoms with Crippen molar-refractivity contribution in [1.29, 1.82) is 0 Å². The number of hydrogen-bond donors (Lipinski definition) is 2. The van der Waals surface area contributed by atoms with E-state index in [4.69, 9.17) is 5.11 Å². The Bertz CT molecular complexity index is 356. The number of amides is 1. The fourth-order valence-electron chi connectivity index (χ4n) is 0.987. The maximum absolute atomic E-state index is 12.0. The number of aliphatic hydroxyl groups is 1. The fraction of sp³-hybridized carbons (Fsp3) is 0.444. The van der Waals surface area contributed by atoms with Crippen LogP contribution in [0.3, 0.4) is 0 Å². The molecule has 2 N–H and O–H groups in total. The Balaban J connectivity index is 2.71. The van der Waals surface area contributed by atoms with E-state index in [2.05, 4.69) is 10.1 Å². The molecule has 1 heterocycles. The van der Waals surface area contributed by atoms with Crippen LogP contribution in [0.15, 0.2) is 11.4 Å². The van der Waals surface area contributed by atoms with E-state index in [1.807, 2.05) is 0 Å². The van der Waals surface area contributed by atoms with E-state index >= 15 is 0 Å². The van der Waals surface area contributed by atoms with Gasteiger partial charge in [0.15, 0.2) is 0 Å². The first-order valence-corrected chi connectivity index (χ1v) is 5.36. The summed E-state index contributed by atoms with van der Waals surface area (Å²) in [4.78, 5) is 11.6. The SMILES string of the molecule is CC(CO)NC(=O)c1sccc1OC(F)F. The van der Waals surface area contributed by atoms with Crippen molar-refractivity contribution in [3.8, 4) is 5.75 Å². The monoisotopic (exact) mass is 251 g/mol. The Labute approximate surface area is 94.8 Å². The molecule has 0 fully saturated rings. The number of carbonyl (C=O) groups excluding carboxylic acids is 1. The van der Waals surface area contributed by atoms with Gasteiger partial charge in [-0.25, -0.2) is 0 Å². The highest BCUT2D eigenvalue weighted by Crippen LogP contribution is 2.26. The highest BCUT2D eigenvalue weighted by molar-refractivity contribution is 7.12. The average Bonchev–Trinajstić information content (AvgIpc) is 2.64. The Kier molecular flexibility index (Phi) is 4.63. The van der Waals surface area contributed by atoms with E-state index < -0.39 is 18.6 Å². The average molecular weight is 251 g/mol. The van der Waals surface area contributed by atoms with E-state index in [9.17, 15) is 13.6 Å². The van der Waals surface area contributed by atoms with Crippen molar-refractivity contribution in [3.63, 3.8) is 0 Å². The molecule has 0 aliphatic rings. The summed E-state index contributed by atoms with van der Waals surface area (Å²) in [7, 11) is 0. The van der Waals surface area contributed by atoms with Gasteiger partial charge in [0.25, 0.3) is 5.91 Å². The fourth-order valence-corrected chi connectivity index (χ4v) is 1.71. The largest absolute Gasteiger partial charge is 0.433 e. The summed E-state index contributed by atoms with van der Waals surface area (Å²) in [6.07, 6.45) is 0. The second-order valence-electron chi connectivity index (χ2n) is 3.05. The number of alkyl halides is 2. The Morgan fingerprint density at radius 2 is 2.38 bits per heavy atom. The zero-order valence-corrected chi connectivity index (χ0v) is 9.26. The lowest BCUT2D eigenvalue weighted by Crippen LogP contribution is -2.34. The van der Waals surface area contributed by atoms with Crippen LogP contribution in [0.2, 0.25) is 0 Å². The number of ether oxygens (including phenoxy) is 1. The van der Waals surface area contributed by atoms with Gasteiger partial charge in [0.1, 0.15) is 10.6 Å². The lowest BCUT2D eigenvalue weighted by atomic mass is 10.3. The second kappa shape index (κ2) is 5.76. The predicted octanol–water partition coefficient (Wildman–Crippen LogP) is 1.46. The molecular weight excluding hydrogens is 240 g/mol. The Morgan fingerprint density at radius 1 is 1.69 bits per heavy atom. The lowest BCUT2D eigenvalue weighted by molar-refractivity contribution is -0.0498. The van der Waals surface area contributed by atoms with Crippen molar-refractivity contribution in [2.24, 2.45) is 0 Å². The highest BCUT2D eigenvalue weighted by Gasteiger charge is 2.18. The molecule has 1 rings (SSSR count). The first-order valence-electron chi connectivity index (χ1n) is 4.48. The molecule has 0 aromatic carbocycles. The van der Waals surface area contributed by atoms with Crippen LogP contribution in [-0.4, -0.2) is 30.3 Å². The Morgan fingerprint density at radius 3 is 2.94 bits per heavy atom. The molecule has 1 atom stereocenters. The third-order valence-corrected chi connectivity index (χ3v) is 2.60. The molecule has 0 radical (unpaired) electrons. The molecule has 4 nitrogen and oxygen atoms in total. The van der Waals surface area contributed by atoms with Gasteiger partial charge in [0.2, 0.25) is 0 Å². The zero-order chi connectivity index (χ0) is 12.1. The third-order valence-electron chi connectivity index (χ3n) is 1.70. The van der Waals surface area contributed by atoms with E-state index in [1.54, 1.807) is 6.92 Å². The quantitative estimate of drug-likeness (QED) is 0.833. The van der Waals surface area contributed by atoms with Crippen LogP contribution in [0.5, 0.6) is 5.75 Å². The predicted molar refractivity (Wildman–Crippen MR) is 55.0 cm³/mol. The number of rotatable bonds is 5. The van der Waals surface area contributed by atoms with Crippen molar-refractivity contribution in [1.82, 2.24) is 5.32 Å². The number of carbonyl (C=O) groups is 1. The van der Waals surface area contributed by atoms with Gasteiger partial charge in [-0.05, 0) is 18.4 Å². The molecular formula is C9H11F2NO3S. The van der Waals surface area contributed by atoms with Crippen molar-refractivity contribution in [2.45, 2.75) is 19.6 Å². The molecule has 16 heavy (non-hydrogen) atoms. The van der Waals surface area contributed by atoms with E-state index in [-0.39, 0.29) is 17.2 Å². The summed E-state index contributed by atoms with van der Waals surface area (Å²) in [6.45, 7) is -1.59. The number of aliphatic hydroxyl groups excluding tert-OH is 1. The Hall–Kier alpha value is -1.21. The first kappa shape index (κ1) is 12.9. The van der Waals surface area contributed by atoms with Gasteiger partial charge >= 0.3 is 6.61 Å². The smallest absolute Gasteiger partial charge is 0.387 e. The molecule has 0 aliphatic heterocycles. The normalized spacial score (nSPS) is 12.6. The molecule has 0 saturated carbocycles. The van der Waals surface area contributed by atoms with Crippen LogP contribution in [0.1, 0.15) is 16.6 Å². The molecule has 90 valence electrons. The van der Waals surface area contributed by atoms with Gasteiger partial charge in [0, 0.05) is 6.04 Å².